The second kappa shape index (κ2) is 7.45. The molecule has 0 radical (unpaired) electrons. The van der Waals surface area contributed by atoms with Gasteiger partial charge in [-0.1, -0.05) is 25.1 Å². The molecule has 0 unspecified atom stereocenters. The smallest absolute Gasteiger partial charge is 0.266 e. The van der Waals surface area contributed by atoms with E-state index in [4.69, 9.17) is 12.2 Å². The molecule has 0 saturated carbocycles. The number of nitrogens with zero attached hydrogens (tertiary/aromatic N) is 1. The average Bonchev–Trinajstić information content (AvgIpc) is 2.86. The summed E-state index contributed by atoms with van der Waals surface area (Å²) in [4.78, 5) is 37.8. The normalized spacial score (nSPS) is 12.7. The van der Waals surface area contributed by atoms with E-state index in [1.54, 1.807) is 48.5 Å². The number of amides is 3. The van der Waals surface area contributed by atoms with Crippen molar-refractivity contribution in [2.75, 3.05) is 10.2 Å². The van der Waals surface area contributed by atoms with Gasteiger partial charge in [0.1, 0.15) is 0 Å². The Morgan fingerprint density at radius 3 is 2.31 bits per heavy atom. The van der Waals surface area contributed by atoms with Gasteiger partial charge in [0.05, 0.1) is 16.8 Å². The number of benzene rings is 2. The lowest BCUT2D eigenvalue weighted by Crippen LogP contribution is -2.34. The molecule has 3 amide bonds. The lowest BCUT2D eigenvalue weighted by Gasteiger charge is -2.16. The molecular formula is C19H17N3O3S. The number of thiocarbonyl (C=S) groups is 1. The van der Waals surface area contributed by atoms with Gasteiger partial charge in [-0.3, -0.25) is 14.4 Å². The van der Waals surface area contributed by atoms with E-state index < -0.39 is 0 Å². The summed E-state index contributed by atoms with van der Waals surface area (Å²) in [6.45, 7) is 1.90. The molecule has 132 valence electrons. The third kappa shape index (κ3) is 3.48. The molecule has 0 fully saturated rings. The van der Waals surface area contributed by atoms with Crippen molar-refractivity contribution < 1.29 is 14.4 Å². The molecule has 0 spiro atoms. The molecule has 2 N–H and O–H groups in total. The van der Waals surface area contributed by atoms with Gasteiger partial charge >= 0.3 is 0 Å². The highest BCUT2D eigenvalue weighted by Crippen LogP contribution is 2.29. The maximum Gasteiger partial charge on any atom is 0.266 e. The molecule has 26 heavy (non-hydrogen) atoms. The molecule has 0 aromatic heterocycles. The first kappa shape index (κ1) is 17.8. The van der Waals surface area contributed by atoms with Gasteiger partial charge in [-0.15, -0.1) is 0 Å². The zero-order chi connectivity index (χ0) is 18.7. The Balaban J connectivity index is 1.78. The Hall–Kier alpha value is -3.06. The molecule has 2 aromatic carbocycles. The van der Waals surface area contributed by atoms with Crippen molar-refractivity contribution in [2.45, 2.75) is 19.8 Å². The number of hydrogen-bond donors (Lipinski definition) is 2. The van der Waals surface area contributed by atoms with Crippen LogP contribution in [0.15, 0.2) is 48.5 Å². The van der Waals surface area contributed by atoms with Crippen LogP contribution in [0, 0.1) is 0 Å². The van der Waals surface area contributed by atoms with E-state index >= 15 is 0 Å². The van der Waals surface area contributed by atoms with Gasteiger partial charge in [-0.05, 0) is 49.0 Å². The Morgan fingerprint density at radius 1 is 1.04 bits per heavy atom. The van der Waals surface area contributed by atoms with Gasteiger partial charge in [0.25, 0.3) is 11.8 Å². The average molecular weight is 367 g/mol. The maximum atomic E-state index is 12.6. The van der Waals surface area contributed by atoms with E-state index in [1.807, 2.05) is 6.92 Å². The molecule has 2 aromatic rings. The number of nitrogens with one attached hydrogen (secondary N) is 2. The maximum absolute atomic E-state index is 12.6. The third-order valence-electron chi connectivity index (χ3n) is 3.89. The van der Waals surface area contributed by atoms with Crippen molar-refractivity contribution in [3.05, 3.63) is 59.7 Å². The summed E-state index contributed by atoms with van der Waals surface area (Å²) in [6.07, 6.45) is 1.11. The van der Waals surface area contributed by atoms with Crippen LogP contribution in [0.1, 0.15) is 40.5 Å². The Kier molecular flexibility index (Phi) is 5.09. The highest BCUT2D eigenvalue weighted by molar-refractivity contribution is 7.80. The first-order valence-electron chi connectivity index (χ1n) is 8.20. The summed E-state index contributed by atoms with van der Waals surface area (Å²) in [5.74, 6) is -0.885. The second-order valence-corrected chi connectivity index (χ2v) is 6.20. The van der Waals surface area contributed by atoms with E-state index in [0.717, 1.165) is 11.3 Å². The van der Waals surface area contributed by atoms with E-state index in [2.05, 4.69) is 10.6 Å². The van der Waals surface area contributed by atoms with Crippen LogP contribution in [0.3, 0.4) is 0 Å². The van der Waals surface area contributed by atoms with Crippen LogP contribution < -0.4 is 15.5 Å². The molecule has 0 atom stereocenters. The first-order valence-corrected chi connectivity index (χ1v) is 8.60. The van der Waals surface area contributed by atoms with Crippen molar-refractivity contribution >= 4 is 46.4 Å². The minimum atomic E-state index is -0.360. The van der Waals surface area contributed by atoms with E-state index in [1.165, 1.54) is 0 Å². The van der Waals surface area contributed by atoms with Crippen molar-refractivity contribution in [3.63, 3.8) is 0 Å². The molecule has 6 nitrogen and oxygen atoms in total. The summed E-state index contributed by atoms with van der Waals surface area (Å²) >= 11 is 5.12. The summed E-state index contributed by atoms with van der Waals surface area (Å²) in [5.41, 5.74) is 1.78. The number of hydrogen-bond acceptors (Lipinski definition) is 4. The van der Waals surface area contributed by atoms with Crippen LogP contribution in [0.4, 0.5) is 11.4 Å². The Bertz CT molecular complexity index is 875. The van der Waals surface area contributed by atoms with Crippen LogP contribution in [0.25, 0.3) is 0 Å². The fraction of sp³-hybridized carbons (Fsp3) is 0.158. The van der Waals surface area contributed by atoms with Gasteiger partial charge in [0.15, 0.2) is 5.11 Å². The third-order valence-corrected chi connectivity index (χ3v) is 4.09. The number of imide groups is 1. The minimum Gasteiger partial charge on any atom is -0.332 e. The summed E-state index contributed by atoms with van der Waals surface area (Å²) in [5, 5.41) is 5.65. The first-order chi connectivity index (χ1) is 12.5. The van der Waals surface area contributed by atoms with Gasteiger partial charge in [-0.2, -0.15) is 0 Å². The van der Waals surface area contributed by atoms with Gasteiger partial charge in [0.2, 0.25) is 5.91 Å². The van der Waals surface area contributed by atoms with Crippen molar-refractivity contribution in [1.29, 1.82) is 0 Å². The van der Waals surface area contributed by atoms with Crippen molar-refractivity contribution in [1.82, 2.24) is 5.32 Å². The number of carbonyl (C=O) groups is 3. The zero-order valence-electron chi connectivity index (χ0n) is 14.1. The van der Waals surface area contributed by atoms with Crippen molar-refractivity contribution in [2.24, 2.45) is 0 Å². The molecule has 1 aliphatic heterocycles. The Morgan fingerprint density at radius 2 is 1.69 bits per heavy atom. The highest BCUT2D eigenvalue weighted by Gasteiger charge is 2.36. The van der Waals surface area contributed by atoms with Gasteiger partial charge in [0, 0.05) is 12.1 Å². The molecule has 0 saturated heterocycles. The molecule has 1 heterocycles. The quantitative estimate of drug-likeness (QED) is 0.641. The number of carbonyl (C=O) groups excluding carboxylic acids is 3. The molecule has 1 aliphatic rings. The largest absolute Gasteiger partial charge is 0.332 e. The van der Waals surface area contributed by atoms with Crippen LogP contribution >= 0.6 is 12.2 Å². The van der Waals surface area contributed by atoms with E-state index in [0.29, 0.717) is 28.9 Å². The zero-order valence-corrected chi connectivity index (χ0v) is 14.9. The summed E-state index contributed by atoms with van der Waals surface area (Å²) in [7, 11) is 0. The Labute approximate surface area is 156 Å². The molecular weight excluding hydrogens is 350 g/mol. The van der Waals surface area contributed by atoms with E-state index in [9.17, 15) is 14.4 Å². The van der Waals surface area contributed by atoms with Crippen LogP contribution in [-0.4, -0.2) is 22.8 Å². The lowest BCUT2D eigenvalue weighted by molar-refractivity contribution is -0.119. The highest BCUT2D eigenvalue weighted by atomic mass is 32.1. The topological polar surface area (TPSA) is 78.5 Å². The van der Waals surface area contributed by atoms with Crippen LogP contribution in [-0.2, 0) is 4.79 Å². The summed E-state index contributed by atoms with van der Waals surface area (Å²) in [6, 6.07) is 13.5. The van der Waals surface area contributed by atoms with Crippen LogP contribution in [0.5, 0.6) is 0 Å². The molecule has 0 bridgehead atoms. The van der Waals surface area contributed by atoms with E-state index in [-0.39, 0.29) is 22.8 Å². The predicted octanol–water partition coefficient (Wildman–Crippen LogP) is 3.10. The molecule has 7 heteroatoms. The van der Waals surface area contributed by atoms with Gasteiger partial charge < -0.3 is 10.6 Å². The number of rotatable bonds is 4. The monoisotopic (exact) mass is 367 g/mol. The SMILES string of the molecule is CCCC(=O)NC(=S)Nc1cccc(N2C(=O)c3ccccc3C2=O)c1. The fourth-order valence-corrected chi connectivity index (χ4v) is 2.96. The number of fused-ring (bicyclic) bond motifs is 1. The minimum absolute atomic E-state index is 0.165. The molecule has 3 rings (SSSR count). The molecule has 0 aliphatic carbocycles. The second-order valence-electron chi connectivity index (χ2n) is 5.79. The lowest BCUT2D eigenvalue weighted by atomic mass is 10.1. The van der Waals surface area contributed by atoms with Gasteiger partial charge in [-0.25, -0.2) is 4.90 Å². The van der Waals surface area contributed by atoms with Crippen LogP contribution in [0.2, 0.25) is 0 Å². The number of anilines is 2. The standard InChI is InChI=1S/C19H17N3O3S/c1-2-6-16(23)21-19(26)20-12-7-5-8-13(11-12)22-17(24)14-9-3-4-10-15(14)18(22)25/h3-5,7-11H,2,6H2,1H3,(H2,20,21,23,26). The fourth-order valence-electron chi connectivity index (χ4n) is 2.73. The van der Waals surface area contributed by atoms with Crippen molar-refractivity contribution in [3.8, 4) is 0 Å². The predicted molar refractivity (Wildman–Crippen MR) is 103 cm³/mol. The summed E-state index contributed by atoms with van der Waals surface area (Å²) < 4.78 is 0.